The minimum atomic E-state index is -1.06. The summed E-state index contributed by atoms with van der Waals surface area (Å²) in [5.41, 5.74) is 0. The zero-order valence-corrected chi connectivity index (χ0v) is 26.6. The quantitative estimate of drug-likeness (QED) is 0.0656. The Labute approximate surface area is 270 Å². The predicted molar refractivity (Wildman–Crippen MR) is 160 cm³/mol. The highest BCUT2D eigenvalue weighted by Gasteiger charge is 2.25. The van der Waals surface area contributed by atoms with Crippen LogP contribution in [0.3, 0.4) is 0 Å². The van der Waals surface area contributed by atoms with Gasteiger partial charge in [0.2, 0.25) is 11.8 Å². The second kappa shape index (κ2) is 31.3. The van der Waals surface area contributed by atoms with Crippen molar-refractivity contribution in [3.05, 3.63) is 12.2 Å². The van der Waals surface area contributed by atoms with Crippen LogP contribution in [0.25, 0.3) is 0 Å². The van der Waals surface area contributed by atoms with Crippen LogP contribution in [0.5, 0.6) is 0 Å². The SMILES string of the molecule is O=C(O)CCOCCOCCOCCOCCOCCOCCOCCOCCOCCOCCNC(=O)CN1C(=O)C=CC1O. The minimum absolute atomic E-state index is 0.0107. The zero-order chi connectivity index (χ0) is 33.3. The fraction of sp³-hybridized carbons (Fsp3) is 0.828. The molecule has 0 radical (unpaired) electrons. The van der Waals surface area contributed by atoms with Crippen LogP contribution < -0.4 is 5.32 Å². The van der Waals surface area contributed by atoms with Crippen LogP contribution in [0.1, 0.15) is 6.42 Å². The van der Waals surface area contributed by atoms with Gasteiger partial charge in [0, 0.05) is 12.6 Å². The second-order valence-electron chi connectivity index (χ2n) is 9.36. The fourth-order valence-electron chi connectivity index (χ4n) is 3.38. The summed E-state index contributed by atoms with van der Waals surface area (Å²) in [5.74, 6) is -1.65. The van der Waals surface area contributed by atoms with Gasteiger partial charge in [-0.2, -0.15) is 0 Å². The maximum atomic E-state index is 11.8. The molecule has 17 nitrogen and oxygen atoms in total. The maximum absolute atomic E-state index is 11.8. The summed E-state index contributed by atoms with van der Waals surface area (Å²) in [6, 6.07) is 0. The number of nitrogens with zero attached hydrogens (tertiary/aromatic N) is 1. The van der Waals surface area contributed by atoms with Crippen LogP contribution in [0.4, 0.5) is 0 Å². The lowest BCUT2D eigenvalue weighted by Gasteiger charge is -2.19. The van der Waals surface area contributed by atoms with Gasteiger partial charge in [-0.25, -0.2) is 0 Å². The number of amides is 2. The predicted octanol–water partition coefficient (Wildman–Crippen LogP) is -1.54. The molecule has 1 rings (SSSR count). The fourth-order valence-corrected chi connectivity index (χ4v) is 3.38. The van der Waals surface area contributed by atoms with Crippen molar-refractivity contribution >= 4 is 17.8 Å². The zero-order valence-electron chi connectivity index (χ0n) is 26.6. The average Bonchev–Trinajstić information content (AvgIpc) is 3.35. The van der Waals surface area contributed by atoms with E-state index in [0.29, 0.717) is 132 Å². The number of aliphatic hydroxyl groups excluding tert-OH is 1. The van der Waals surface area contributed by atoms with Crippen molar-refractivity contribution in [2.45, 2.75) is 12.6 Å². The van der Waals surface area contributed by atoms with Crippen molar-refractivity contribution in [3.63, 3.8) is 0 Å². The summed E-state index contributed by atoms with van der Waals surface area (Å²) >= 11 is 0. The first-order valence-electron chi connectivity index (χ1n) is 15.4. The molecule has 2 amide bonds. The molecule has 1 aliphatic rings. The minimum Gasteiger partial charge on any atom is -0.481 e. The molecule has 46 heavy (non-hydrogen) atoms. The van der Waals surface area contributed by atoms with E-state index in [4.69, 9.17) is 52.5 Å². The summed E-state index contributed by atoms with van der Waals surface area (Å²) in [6.45, 7) is 8.44. The van der Waals surface area contributed by atoms with Gasteiger partial charge in [0.25, 0.3) is 0 Å². The molecule has 1 heterocycles. The van der Waals surface area contributed by atoms with Crippen molar-refractivity contribution < 1.29 is 72.0 Å². The van der Waals surface area contributed by atoms with E-state index in [2.05, 4.69) is 5.32 Å². The topological polar surface area (TPSA) is 199 Å². The highest BCUT2D eigenvalue weighted by Crippen LogP contribution is 2.07. The number of carbonyl (C=O) groups is 3. The number of rotatable bonds is 35. The summed E-state index contributed by atoms with van der Waals surface area (Å²) in [4.78, 5) is 34.6. The molecule has 0 aromatic carbocycles. The number of carbonyl (C=O) groups excluding carboxylic acids is 2. The first kappa shape index (κ1) is 41.7. The van der Waals surface area contributed by atoms with Crippen molar-refractivity contribution in [1.82, 2.24) is 10.2 Å². The standard InChI is InChI=1S/C29H52N2O15/c32-26(25-31-27(33)1-2-28(31)34)30-4-6-38-8-10-40-12-14-42-16-18-44-20-22-46-24-23-45-21-19-43-17-15-41-13-11-39-9-7-37-5-3-29(35)36/h1-2,27,33H,3-25H2,(H,30,32)(H,35,36). The van der Waals surface area contributed by atoms with Gasteiger partial charge in [-0.1, -0.05) is 0 Å². The van der Waals surface area contributed by atoms with Gasteiger partial charge in [0.15, 0.2) is 0 Å². The number of carboxylic acids is 1. The van der Waals surface area contributed by atoms with Crippen LogP contribution >= 0.6 is 0 Å². The average molecular weight is 669 g/mol. The Morgan fingerprint density at radius 1 is 0.587 bits per heavy atom. The maximum Gasteiger partial charge on any atom is 0.305 e. The summed E-state index contributed by atoms with van der Waals surface area (Å²) in [7, 11) is 0. The van der Waals surface area contributed by atoms with Crippen molar-refractivity contribution in [2.75, 3.05) is 145 Å². The van der Waals surface area contributed by atoms with Gasteiger partial charge in [0.05, 0.1) is 139 Å². The van der Waals surface area contributed by atoms with E-state index in [-0.39, 0.29) is 25.5 Å². The van der Waals surface area contributed by atoms with Gasteiger partial charge in [-0.05, 0) is 6.08 Å². The largest absolute Gasteiger partial charge is 0.481 e. The summed E-state index contributed by atoms with van der Waals surface area (Å²) in [5, 5.41) is 20.7. The second-order valence-corrected chi connectivity index (χ2v) is 9.36. The van der Waals surface area contributed by atoms with Crippen LogP contribution in [-0.2, 0) is 61.8 Å². The van der Waals surface area contributed by atoms with E-state index in [9.17, 15) is 19.5 Å². The van der Waals surface area contributed by atoms with Crippen LogP contribution in [0, 0.1) is 0 Å². The molecular formula is C29H52N2O15. The number of aliphatic carboxylic acids is 1. The Balaban J connectivity index is 1.65. The monoisotopic (exact) mass is 668 g/mol. The van der Waals surface area contributed by atoms with Gasteiger partial charge < -0.3 is 67.8 Å². The Hall–Kier alpha value is -2.29. The number of hydrogen-bond donors (Lipinski definition) is 3. The Kier molecular flexibility index (Phi) is 28.4. The molecule has 0 fully saturated rings. The Bertz CT molecular complexity index is 790. The Morgan fingerprint density at radius 2 is 0.913 bits per heavy atom. The van der Waals surface area contributed by atoms with Crippen molar-refractivity contribution in [2.24, 2.45) is 0 Å². The lowest BCUT2D eigenvalue weighted by Crippen LogP contribution is -2.43. The lowest BCUT2D eigenvalue weighted by molar-refractivity contribution is -0.138. The van der Waals surface area contributed by atoms with E-state index in [1.807, 2.05) is 0 Å². The van der Waals surface area contributed by atoms with Crippen LogP contribution in [0.2, 0.25) is 0 Å². The molecule has 0 aromatic rings. The van der Waals surface area contributed by atoms with Crippen molar-refractivity contribution in [1.29, 1.82) is 0 Å². The van der Waals surface area contributed by atoms with Gasteiger partial charge in [0.1, 0.15) is 12.8 Å². The van der Waals surface area contributed by atoms with E-state index >= 15 is 0 Å². The number of nitrogens with one attached hydrogen (secondary N) is 1. The van der Waals surface area contributed by atoms with Crippen LogP contribution in [0.15, 0.2) is 12.2 Å². The molecule has 268 valence electrons. The van der Waals surface area contributed by atoms with Gasteiger partial charge in [-0.15, -0.1) is 0 Å². The Morgan fingerprint density at radius 3 is 1.22 bits per heavy atom. The van der Waals surface area contributed by atoms with E-state index in [1.54, 1.807) is 0 Å². The molecular weight excluding hydrogens is 616 g/mol. The first-order valence-corrected chi connectivity index (χ1v) is 15.4. The first-order chi connectivity index (χ1) is 22.5. The van der Waals surface area contributed by atoms with E-state index in [0.717, 1.165) is 4.90 Å². The van der Waals surface area contributed by atoms with Crippen LogP contribution in [-0.4, -0.2) is 184 Å². The van der Waals surface area contributed by atoms with Crippen molar-refractivity contribution in [3.8, 4) is 0 Å². The molecule has 1 aliphatic heterocycles. The number of ether oxygens (including phenoxy) is 10. The lowest BCUT2D eigenvalue weighted by atomic mass is 10.4. The molecule has 1 unspecified atom stereocenters. The normalized spacial score (nSPS) is 14.4. The molecule has 1 atom stereocenters. The molecule has 0 saturated carbocycles. The number of aliphatic hydroxyl groups is 1. The highest BCUT2D eigenvalue weighted by molar-refractivity contribution is 5.93. The van der Waals surface area contributed by atoms with E-state index < -0.39 is 18.1 Å². The smallest absolute Gasteiger partial charge is 0.305 e. The number of hydrogen-bond acceptors (Lipinski definition) is 14. The van der Waals surface area contributed by atoms with E-state index in [1.165, 1.54) is 12.2 Å². The van der Waals surface area contributed by atoms with Gasteiger partial charge >= 0.3 is 5.97 Å². The summed E-state index contributed by atoms with van der Waals surface area (Å²) < 4.78 is 53.7. The molecule has 0 bridgehead atoms. The molecule has 0 aliphatic carbocycles. The molecule has 0 spiro atoms. The highest BCUT2D eigenvalue weighted by atomic mass is 16.6. The molecule has 0 aromatic heterocycles. The summed E-state index contributed by atoms with van der Waals surface area (Å²) in [6.07, 6.45) is 1.49. The van der Waals surface area contributed by atoms with Gasteiger partial charge in [-0.3, -0.25) is 14.4 Å². The molecule has 0 saturated heterocycles. The number of carboxylic acid groups (broad SMARTS) is 1. The molecule has 17 heteroatoms. The third-order valence-electron chi connectivity index (χ3n) is 5.70. The third kappa shape index (κ3) is 26.9. The molecule has 3 N–H and O–H groups in total. The third-order valence-corrected chi connectivity index (χ3v) is 5.70.